The lowest BCUT2D eigenvalue weighted by atomic mass is 10.0. The molecule has 0 fully saturated rings. The number of alkyl halides is 6. The molecule has 1 aromatic carbocycles. The van der Waals surface area contributed by atoms with Gasteiger partial charge in [0.25, 0.3) is 0 Å². The number of aliphatic hydroxyl groups is 1. The monoisotopic (exact) mass is 326 g/mol. The van der Waals surface area contributed by atoms with Crippen molar-refractivity contribution in [2.24, 2.45) is 0 Å². The highest BCUT2D eigenvalue weighted by Gasteiger charge is 2.37. The lowest BCUT2D eigenvalue weighted by molar-refractivity contribution is -0.143. The molecule has 0 bridgehead atoms. The Kier molecular flexibility index (Phi) is 4.03. The number of halogens is 6. The lowest BCUT2D eigenvalue weighted by Gasteiger charge is -2.16. The molecule has 0 aliphatic heterocycles. The molecule has 0 aliphatic carbocycles. The minimum atomic E-state index is -4.93. The third-order valence-electron chi connectivity index (χ3n) is 2.74. The molecule has 1 unspecified atom stereocenters. The van der Waals surface area contributed by atoms with E-state index < -0.39 is 35.1 Å². The van der Waals surface area contributed by atoms with Crippen LogP contribution in [0.1, 0.15) is 27.7 Å². The summed E-state index contributed by atoms with van der Waals surface area (Å²) in [5.41, 5.74) is -3.33. The Morgan fingerprint density at radius 3 is 1.81 bits per heavy atom. The summed E-state index contributed by atoms with van der Waals surface area (Å²) in [6.07, 6.45) is -11.4. The summed E-state index contributed by atoms with van der Waals surface area (Å²) in [7, 11) is 0. The van der Waals surface area contributed by atoms with Crippen LogP contribution in [-0.4, -0.2) is 5.11 Å². The summed E-state index contributed by atoms with van der Waals surface area (Å²) >= 11 is 1.04. The zero-order chi connectivity index (χ0) is 15.8. The topological polar surface area (TPSA) is 20.2 Å². The molecule has 114 valence electrons. The first-order valence-electron chi connectivity index (χ1n) is 5.60. The van der Waals surface area contributed by atoms with Gasteiger partial charge >= 0.3 is 12.4 Å². The van der Waals surface area contributed by atoms with Crippen LogP contribution in [0.3, 0.4) is 0 Å². The highest BCUT2D eigenvalue weighted by Crippen LogP contribution is 2.38. The van der Waals surface area contributed by atoms with Crippen molar-refractivity contribution < 1.29 is 31.4 Å². The normalized spacial score (nSPS) is 14.2. The molecule has 0 aliphatic rings. The first-order valence-corrected chi connectivity index (χ1v) is 6.48. The fourth-order valence-corrected chi connectivity index (χ4v) is 2.48. The minimum Gasteiger partial charge on any atom is -0.383 e. The maximum atomic E-state index is 12.7. The van der Waals surface area contributed by atoms with E-state index in [9.17, 15) is 31.4 Å². The number of hydrogen-bond acceptors (Lipinski definition) is 2. The van der Waals surface area contributed by atoms with Gasteiger partial charge in [0.05, 0.1) is 11.1 Å². The van der Waals surface area contributed by atoms with E-state index >= 15 is 0 Å². The Labute approximate surface area is 119 Å². The van der Waals surface area contributed by atoms with Gasteiger partial charge in [-0.25, -0.2) is 0 Å². The Morgan fingerprint density at radius 2 is 1.43 bits per heavy atom. The van der Waals surface area contributed by atoms with Crippen LogP contribution in [0.15, 0.2) is 35.7 Å². The van der Waals surface area contributed by atoms with E-state index in [0.717, 1.165) is 11.3 Å². The lowest BCUT2D eigenvalue weighted by Crippen LogP contribution is -2.13. The first-order chi connectivity index (χ1) is 9.59. The second kappa shape index (κ2) is 5.34. The Hall–Kier alpha value is -1.54. The fraction of sp³-hybridized carbons (Fsp3) is 0.231. The quantitative estimate of drug-likeness (QED) is 0.781. The van der Waals surface area contributed by atoms with Crippen LogP contribution in [0.25, 0.3) is 0 Å². The predicted octanol–water partition coefficient (Wildman–Crippen LogP) is 4.87. The van der Waals surface area contributed by atoms with Gasteiger partial charge in [0.2, 0.25) is 0 Å². The SMILES string of the molecule is OC(c1cc(C(F)(F)F)cc(C(F)(F)F)c1)c1cccs1. The molecule has 0 amide bonds. The summed E-state index contributed by atoms with van der Waals surface area (Å²) in [6, 6.07) is 4.06. The largest absolute Gasteiger partial charge is 0.416 e. The van der Waals surface area contributed by atoms with Gasteiger partial charge in [0, 0.05) is 4.88 Å². The van der Waals surface area contributed by atoms with Crippen molar-refractivity contribution in [3.8, 4) is 0 Å². The molecule has 2 rings (SSSR count). The predicted molar refractivity (Wildman–Crippen MR) is 64.8 cm³/mol. The zero-order valence-corrected chi connectivity index (χ0v) is 11.0. The number of rotatable bonds is 2. The van der Waals surface area contributed by atoms with Gasteiger partial charge in [0.15, 0.2) is 0 Å². The number of thiophene rings is 1. The van der Waals surface area contributed by atoms with Crippen LogP contribution in [0.4, 0.5) is 26.3 Å². The Morgan fingerprint density at radius 1 is 0.905 bits per heavy atom. The molecule has 1 aromatic heterocycles. The molecule has 0 saturated heterocycles. The summed E-state index contributed by atoms with van der Waals surface area (Å²) < 4.78 is 76.2. The third kappa shape index (κ3) is 3.56. The average Bonchev–Trinajstić information content (AvgIpc) is 2.89. The van der Waals surface area contributed by atoms with Crippen LogP contribution >= 0.6 is 11.3 Å². The molecule has 0 saturated carbocycles. The van der Waals surface area contributed by atoms with Crippen molar-refractivity contribution in [3.63, 3.8) is 0 Å². The van der Waals surface area contributed by atoms with Crippen molar-refractivity contribution in [2.75, 3.05) is 0 Å². The molecular weight excluding hydrogens is 318 g/mol. The van der Waals surface area contributed by atoms with Gasteiger partial charge in [-0.3, -0.25) is 0 Å². The molecule has 0 spiro atoms. The molecule has 0 radical (unpaired) electrons. The van der Waals surface area contributed by atoms with E-state index in [1.165, 1.54) is 6.07 Å². The van der Waals surface area contributed by atoms with Crippen LogP contribution in [-0.2, 0) is 12.4 Å². The summed E-state index contributed by atoms with van der Waals surface area (Å²) in [5.74, 6) is 0. The molecule has 21 heavy (non-hydrogen) atoms. The smallest absolute Gasteiger partial charge is 0.383 e. The van der Waals surface area contributed by atoms with Crippen LogP contribution in [0.2, 0.25) is 0 Å². The third-order valence-corrected chi connectivity index (χ3v) is 3.66. The number of aliphatic hydroxyl groups excluding tert-OH is 1. The molecule has 1 N–H and O–H groups in total. The maximum absolute atomic E-state index is 12.7. The van der Waals surface area contributed by atoms with Gasteiger partial charge < -0.3 is 5.11 Å². The number of hydrogen-bond donors (Lipinski definition) is 1. The standard InChI is InChI=1S/C13H8F6OS/c14-12(15,16)8-4-7(5-9(6-8)13(17,18)19)11(20)10-2-1-3-21-10/h1-6,11,20H. The van der Waals surface area contributed by atoms with E-state index in [0.29, 0.717) is 12.1 Å². The first kappa shape index (κ1) is 15.8. The van der Waals surface area contributed by atoms with E-state index in [-0.39, 0.29) is 10.9 Å². The van der Waals surface area contributed by atoms with E-state index in [2.05, 4.69) is 0 Å². The van der Waals surface area contributed by atoms with Gasteiger partial charge in [-0.15, -0.1) is 11.3 Å². The van der Waals surface area contributed by atoms with E-state index in [4.69, 9.17) is 0 Å². The highest BCUT2D eigenvalue weighted by molar-refractivity contribution is 7.10. The Bertz CT molecular complexity index is 582. The highest BCUT2D eigenvalue weighted by atomic mass is 32.1. The van der Waals surface area contributed by atoms with Crippen molar-refractivity contribution in [1.82, 2.24) is 0 Å². The second-order valence-corrected chi connectivity index (χ2v) is 5.24. The average molecular weight is 326 g/mol. The van der Waals surface area contributed by atoms with E-state index in [1.54, 1.807) is 11.4 Å². The van der Waals surface area contributed by atoms with Gasteiger partial charge in [-0.2, -0.15) is 26.3 Å². The minimum absolute atomic E-state index is 0.0324. The van der Waals surface area contributed by atoms with Crippen molar-refractivity contribution in [3.05, 3.63) is 57.3 Å². The zero-order valence-electron chi connectivity index (χ0n) is 10.2. The maximum Gasteiger partial charge on any atom is 0.416 e. The molecule has 1 atom stereocenters. The van der Waals surface area contributed by atoms with Crippen LogP contribution in [0.5, 0.6) is 0 Å². The molecule has 8 heteroatoms. The molecular formula is C13H8F6OS. The van der Waals surface area contributed by atoms with Crippen LogP contribution in [0, 0.1) is 0 Å². The number of benzene rings is 1. The summed E-state index contributed by atoms with van der Waals surface area (Å²) in [4.78, 5) is 0.266. The van der Waals surface area contributed by atoms with Gasteiger partial charge in [0.1, 0.15) is 6.10 Å². The molecule has 2 aromatic rings. The summed E-state index contributed by atoms with van der Waals surface area (Å²) in [5, 5.41) is 11.5. The molecule has 1 nitrogen and oxygen atoms in total. The fourth-order valence-electron chi connectivity index (χ4n) is 1.75. The molecule has 1 heterocycles. The van der Waals surface area contributed by atoms with Gasteiger partial charge in [-0.1, -0.05) is 6.07 Å². The van der Waals surface area contributed by atoms with Crippen molar-refractivity contribution in [1.29, 1.82) is 0 Å². The van der Waals surface area contributed by atoms with Crippen molar-refractivity contribution in [2.45, 2.75) is 18.5 Å². The van der Waals surface area contributed by atoms with Gasteiger partial charge in [-0.05, 0) is 35.2 Å². The second-order valence-electron chi connectivity index (χ2n) is 4.26. The van der Waals surface area contributed by atoms with E-state index in [1.807, 2.05) is 0 Å². The van der Waals surface area contributed by atoms with Crippen LogP contribution < -0.4 is 0 Å². The summed E-state index contributed by atoms with van der Waals surface area (Å²) in [6.45, 7) is 0. The van der Waals surface area contributed by atoms with Crippen molar-refractivity contribution >= 4 is 11.3 Å². The Balaban J connectivity index is 2.55.